The van der Waals surface area contributed by atoms with Crippen molar-refractivity contribution in [1.82, 2.24) is 0 Å². The number of hydrogen-bond acceptors (Lipinski definition) is 9. The molecule has 0 unspecified atom stereocenters. The Morgan fingerprint density at radius 1 is 0.789 bits per heavy atom. The Kier molecular flexibility index (Phi) is 10.4. The van der Waals surface area contributed by atoms with E-state index < -0.39 is 47.7 Å². The number of amides is 1. The zero-order chi connectivity index (χ0) is 28.5. The molecular formula is C28H36N2O8. The Labute approximate surface area is 222 Å². The van der Waals surface area contributed by atoms with Gasteiger partial charge in [0.2, 0.25) is 6.10 Å². The molecule has 0 radical (unpaired) electrons. The lowest BCUT2D eigenvalue weighted by Gasteiger charge is -2.26. The molecule has 0 heterocycles. The number of benzene rings is 2. The van der Waals surface area contributed by atoms with E-state index in [9.17, 15) is 19.2 Å². The molecule has 0 aliphatic carbocycles. The summed E-state index contributed by atoms with van der Waals surface area (Å²) in [6, 6.07) is 15.6. The van der Waals surface area contributed by atoms with Crippen LogP contribution in [0.15, 0.2) is 54.6 Å². The summed E-state index contributed by atoms with van der Waals surface area (Å²) in [5.74, 6) is 3.85. The van der Waals surface area contributed by atoms with Crippen LogP contribution >= 0.6 is 0 Å². The fraction of sp³-hybridized carbons (Fsp3) is 0.429. The van der Waals surface area contributed by atoms with Crippen molar-refractivity contribution in [1.29, 1.82) is 0 Å². The Bertz CT molecular complexity index is 1100. The van der Waals surface area contributed by atoms with E-state index in [1.54, 1.807) is 53.7 Å². The van der Waals surface area contributed by atoms with E-state index in [2.05, 4.69) is 0 Å². The zero-order valence-corrected chi connectivity index (χ0v) is 22.7. The summed E-state index contributed by atoms with van der Waals surface area (Å²) in [6.07, 6.45) is -3.17. The van der Waals surface area contributed by atoms with Gasteiger partial charge in [-0.3, -0.25) is 9.59 Å². The van der Waals surface area contributed by atoms with Gasteiger partial charge in [-0.15, -0.1) is 0 Å². The Morgan fingerprint density at radius 2 is 1.37 bits per heavy atom. The number of carbonyl (C=O) groups excluding carboxylic acids is 4. The molecule has 0 fully saturated rings. The molecule has 0 aliphatic rings. The fourth-order valence-electron chi connectivity index (χ4n) is 3.09. The molecule has 0 aliphatic heterocycles. The van der Waals surface area contributed by atoms with Gasteiger partial charge in [-0.25, -0.2) is 20.4 Å². The first-order valence-corrected chi connectivity index (χ1v) is 12.1. The first kappa shape index (κ1) is 30.3. The lowest BCUT2D eigenvalue weighted by Crippen LogP contribution is -2.44. The fourth-order valence-corrected chi connectivity index (χ4v) is 3.09. The number of nitrogens with two attached hydrogens (primary N) is 1. The third-order valence-corrected chi connectivity index (χ3v) is 4.69. The molecule has 2 aromatic carbocycles. The topological polar surface area (TPSA) is 134 Å². The number of nitrogens with zero attached hydrogens (tertiary/aromatic N) is 1. The zero-order valence-electron chi connectivity index (χ0n) is 22.7. The van der Waals surface area contributed by atoms with Crippen LogP contribution in [0.1, 0.15) is 59.1 Å². The Balaban J connectivity index is 2.01. The van der Waals surface area contributed by atoms with Crippen LogP contribution in [-0.4, -0.2) is 41.3 Å². The molecule has 206 valence electrons. The maximum absolute atomic E-state index is 12.7. The lowest BCUT2D eigenvalue weighted by atomic mass is 10.1. The van der Waals surface area contributed by atoms with Crippen LogP contribution in [0, 0.1) is 0 Å². The normalized spacial score (nSPS) is 12.2. The quantitative estimate of drug-likeness (QED) is 0.167. The molecule has 0 bridgehead atoms. The van der Waals surface area contributed by atoms with Crippen molar-refractivity contribution >= 4 is 29.7 Å². The van der Waals surface area contributed by atoms with Crippen molar-refractivity contribution in [2.75, 3.05) is 5.01 Å². The van der Waals surface area contributed by atoms with Gasteiger partial charge in [0.05, 0.1) is 18.5 Å². The predicted molar refractivity (Wildman–Crippen MR) is 140 cm³/mol. The second-order valence-electron chi connectivity index (χ2n) is 10.6. The van der Waals surface area contributed by atoms with Gasteiger partial charge in [0.1, 0.15) is 17.8 Å². The minimum absolute atomic E-state index is 0.0265. The number of hydrazine groups is 1. The van der Waals surface area contributed by atoms with Gasteiger partial charge < -0.3 is 18.9 Å². The number of hydrogen-bond donors (Lipinski definition) is 1. The number of rotatable bonds is 9. The molecule has 10 nitrogen and oxygen atoms in total. The molecular weight excluding hydrogens is 492 g/mol. The third kappa shape index (κ3) is 11.0. The third-order valence-electron chi connectivity index (χ3n) is 4.69. The van der Waals surface area contributed by atoms with E-state index >= 15 is 0 Å². The second-order valence-corrected chi connectivity index (χ2v) is 10.6. The van der Waals surface area contributed by atoms with E-state index in [-0.39, 0.29) is 18.7 Å². The maximum Gasteiger partial charge on any atom is 0.429 e. The molecule has 2 rings (SSSR count). The number of carbonyl (C=O) groups is 4. The summed E-state index contributed by atoms with van der Waals surface area (Å²) in [5, 5.41) is 0.684. The van der Waals surface area contributed by atoms with Crippen molar-refractivity contribution in [3.63, 3.8) is 0 Å². The first-order chi connectivity index (χ1) is 17.6. The molecule has 1 amide bonds. The van der Waals surface area contributed by atoms with Gasteiger partial charge in [0.25, 0.3) is 0 Å². The van der Waals surface area contributed by atoms with Crippen LogP contribution in [0.3, 0.4) is 0 Å². The van der Waals surface area contributed by atoms with Crippen LogP contribution in [0.2, 0.25) is 0 Å². The van der Waals surface area contributed by atoms with Crippen LogP contribution < -0.4 is 10.9 Å². The van der Waals surface area contributed by atoms with E-state index in [4.69, 9.17) is 24.8 Å². The molecule has 2 N–H and O–H groups in total. The number of anilines is 1. The number of esters is 3. The van der Waals surface area contributed by atoms with Crippen LogP contribution in [0.25, 0.3) is 0 Å². The summed E-state index contributed by atoms with van der Waals surface area (Å²) in [4.78, 5) is 49.8. The highest BCUT2D eigenvalue weighted by Crippen LogP contribution is 2.18. The first-order valence-electron chi connectivity index (χ1n) is 12.1. The molecule has 0 aromatic heterocycles. The van der Waals surface area contributed by atoms with Crippen molar-refractivity contribution in [2.24, 2.45) is 5.84 Å². The Hall–Kier alpha value is -3.92. The van der Waals surface area contributed by atoms with Crippen molar-refractivity contribution in [3.05, 3.63) is 65.7 Å². The molecule has 10 heteroatoms. The van der Waals surface area contributed by atoms with Gasteiger partial charge in [-0.05, 0) is 64.8 Å². The van der Waals surface area contributed by atoms with E-state index in [0.29, 0.717) is 10.6 Å². The van der Waals surface area contributed by atoms with Crippen molar-refractivity contribution < 1.29 is 38.1 Å². The molecule has 0 saturated carbocycles. The highest BCUT2D eigenvalue weighted by atomic mass is 16.6. The number of ether oxygens (including phenoxy) is 4. The molecule has 38 heavy (non-hydrogen) atoms. The van der Waals surface area contributed by atoms with Crippen molar-refractivity contribution in [2.45, 2.75) is 78.3 Å². The van der Waals surface area contributed by atoms with Crippen LogP contribution in [0.4, 0.5) is 10.5 Å². The Morgan fingerprint density at radius 3 is 1.92 bits per heavy atom. The van der Waals surface area contributed by atoms with Crippen LogP contribution in [-0.2, 0) is 46.4 Å². The summed E-state index contributed by atoms with van der Waals surface area (Å²) >= 11 is 0. The largest absolute Gasteiger partial charge is 0.461 e. The average Bonchev–Trinajstić information content (AvgIpc) is 2.80. The predicted octanol–water partition coefficient (Wildman–Crippen LogP) is 4.23. The maximum atomic E-state index is 12.7. The second kappa shape index (κ2) is 13.0. The van der Waals surface area contributed by atoms with Crippen molar-refractivity contribution in [3.8, 4) is 0 Å². The molecule has 0 spiro atoms. The average molecular weight is 529 g/mol. The minimum atomic E-state index is -1.57. The monoisotopic (exact) mass is 528 g/mol. The highest BCUT2D eigenvalue weighted by Gasteiger charge is 2.33. The summed E-state index contributed by atoms with van der Waals surface area (Å²) in [5.41, 5.74) is 0.0808. The lowest BCUT2D eigenvalue weighted by molar-refractivity contribution is -0.172. The minimum Gasteiger partial charge on any atom is -0.461 e. The van der Waals surface area contributed by atoms with E-state index in [0.717, 1.165) is 5.56 Å². The van der Waals surface area contributed by atoms with E-state index in [1.165, 1.54) is 12.1 Å². The van der Waals surface area contributed by atoms with Crippen LogP contribution in [0.5, 0.6) is 0 Å². The smallest absolute Gasteiger partial charge is 0.429 e. The molecule has 2 aromatic rings. The highest BCUT2D eigenvalue weighted by molar-refractivity contribution is 5.90. The van der Waals surface area contributed by atoms with Gasteiger partial charge >= 0.3 is 24.0 Å². The standard InChI is InChI=1S/C28H36N2O8/c1-27(2,3)37-24(32)17-22(25(33)38-28(4,5)6)36-26(34)30(29)21-14-12-19(13-15-21)16-23(31)35-18-20-10-8-7-9-11-20/h7-15,22H,16-18,29H2,1-6H3/t22-/m1/s1. The van der Waals surface area contributed by atoms with Gasteiger partial charge in [-0.1, -0.05) is 42.5 Å². The summed E-state index contributed by atoms with van der Waals surface area (Å²) in [6.45, 7) is 10.1. The summed E-state index contributed by atoms with van der Waals surface area (Å²) in [7, 11) is 0. The van der Waals surface area contributed by atoms with Gasteiger partial charge in [0.15, 0.2) is 0 Å². The van der Waals surface area contributed by atoms with E-state index in [1.807, 2.05) is 30.3 Å². The SMILES string of the molecule is CC(C)(C)OC(=O)C[C@@H](OC(=O)N(N)c1ccc(CC(=O)OCc2ccccc2)cc1)C(=O)OC(C)(C)C. The summed E-state index contributed by atoms with van der Waals surface area (Å²) < 4.78 is 21.1. The molecule has 1 atom stereocenters. The van der Waals surface area contributed by atoms with Gasteiger partial charge in [-0.2, -0.15) is 0 Å². The van der Waals surface area contributed by atoms with Gasteiger partial charge in [0, 0.05) is 0 Å². The molecule has 0 saturated heterocycles.